The highest BCUT2D eigenvalue weighted by molar-refractivity contribution is 8.13. The van der Waals surface area contributed by atoms with Gasteiger partial charge in [-0.3, -0.25) is 4.79 Å². The number of carbonyl (C=O) groups excluding carboxylic acids is 1. The third kappa shape index (κ3) is 3.94. The molecule has 1 aromatic rings. The van der Waals surface area contributed by atoms with Gasteiger partial charge in [0.25, 0.3) is 0 Å². The van der Waals surface area contributed by atoms with Gasteiger partial charge >= 0.3 is 0 Å². The zero-order chi connectivity index (χ0) is 11.3. The van der Waals surface area contributed by atoms with Crippen LogP contribution in [0.3, 0.4) is 0 Å². The van der Waals surface area contributed by atoms with Crippen LogP contribution in [0.15, 0.2) is 18.7 Å². The molecule has 0 saturated carbocycles. The van der Waals surface area contributed by atoms with Gasteiger partial charge in [-0.15, -0.1) is 0 Å². The minimum Gasteiger partial charge on any atom is -0.389 e. The summed E-state index contributed by atoms with van der Waals surface area (Å²) in [5, 5.41) is 19.1. The maximum Gasteiger partial charge on any atom is 0.185 e. The van der Waals surface area contributed by atoms with Crippen LogP contribution in [0, 0.1) is 0 Å². The second-order valence-electron chi connectivity index (χ2n) is 2.99. The molecule has 1 heterocycles. The van der Waals surface area contributed by atoms with Gasteiger partial charge in [-0.1, -0.05) is 11.8 Å². The Morgan fingerprint density at radius 3 is 2.60 bits per heavy atom. The van der Waals surface area contributed by atoms with E-state index in [-0.39, 0.29) is 10.9 Å². The van der Waals surface area contributed by atoms with E-state index in [0.717, 1.165) is 11.8 Å². The van der Waals surface area contributed by atoms with Crippen molar-refractivity contribution in [3.05, 3.63) is 24.3 Å². The van der Waals surface area contributed by atoms with Gasteiger partial charge in [0, 0.05) is 30.6 Å². The largest absolute Gasteiger partial charge is 0.389 e. The van der Waals surface area contributed by atoms with Crippen LogP contribution in [0.4, 0.5) is 0 Å². The number of aliphatic hydroxyl groups is 2. The van der Waals surface area contributed by atoms with Crippen molar-refractivity contribution in [3.63, 3.8) is 0 Å². The lowest BCUT2D eigenvalue weighted by Crippen LogP contribution is -2.21. The predicted octanol–water partition coefficient (Wildman–Crippen LogP) is 0.151. The van der Waals surface area contributed by atoms with E-state index in [9.17, 15) is 15.0 Å². The van der Waals surface area contributed by atoms with E-state index in [0.29, 0.717) is 5.56 Å². The molecule has 2 atom stereocenters. The first-order valence-corrected chi connectivity index (χ1v) is 5.34. The molecule has 6 heteroatoms. The van der Waals surface area contributed by atoms with Crippen LogP contribution in [0.2, 0.25) is 0 Å². The van der Waals surface area contributed by atoms with Crippen molar-refractivity contribution >= 4 is 16.9 Å². The minimum atomic E-state index is -1.06. The second-order valence-corrected chi connectivity index (χ2v) is 4.18. The number of carbonyl (C=O) groups is 1. The van der Waals surface area contributed by atoms with Crippen LogP contribution in [-0.4, -0.2) is 37.2 Å². The van der Waals surface area contributed by atoms with Crippen molar-refractivity contribution in [1.82, 2.24) is 9.97 Å². The van der Waals surface area contributed by atoms with Crippen molar-refractivity contribution in [2.75, 3.05) is 5.75 Å². The molecule has 1 rings (SSSR count). The summed E-state index contributed by atoms with van der Waals surface area (Å²) in [6, 6.07) is 0. The fourth-order valence-electron chi connectivity index (χ4n) is 0.979. The molecule has 0 saturated heterocycles. The standard InChI is InChI=1S/C9H12N2O3S/c1-6(12)15-4-8(13)9(14)7-2-10-5-11-3-7/h2-3,5,8-9,13-14H,4H2,1H3. The highest BCUT2D eigenvalue weighted by atomic mass is 32.2. The topological polar surface area (TPSA) is 83.3 Å². The molecule has 0 aliphatic heterocycles. The van der Waals surface area contributed by atoms with E-state index < -0.39 is 12.2 Å². The number of nitrogens with zero attached hydrogens (tertiary/aromatic N) is 2. The van der Waals surface area contributed by atoms with Gasteiger partial charge in [-0.2, -0.15) is 0 Å². The first-order chi connectivity index (χ1) is 7.11. The van der Waals surface area contributed by atoms with Gasteiger partial charge < -0.3 is 10.2 Å². The smallest absolute Gasteiger partial charge is 0.185 e. The van der Waals surface area contributed by atoms with Crippen LogP contribution in [0.1, 0.15) is 18.6 Å². The molecule has 0 spiro atoms. The summed E-state index contributed by atoms with van der Waals surface area (Å²) in [7, 11) is 0. The third-order valence-corrected chi connectivity index (χ3v) is 2.66. The Balaban J connectivity index is 2.53. The molecule has 0 aliphatic rings. The molecule has 0 radical (unpaired) electrons. The van der Waals surface area contributed by atoms with Crippen LogP contribution in [0.25, 0.3) is 0 Å². The zero-order valence-electron chi connectivity index (χ0n) is 8.20. The van der Waals surface area contributed by atoms with E-state index in [4.69, 9.17) is 0 Å². The molecule has 82 valence electrons. The number of aliphatic hydroxyl groups excluding tert-OH is 2. The predicted molar refractivity (Wildman–Crippen MR) is 56.1 cm³/mol. The van der Waals surface area contributed by atoms with Gasteiger partial charge in [-0.25, -0.2) is 9.97 Å². The van der Waals surface area contributed by atoms with E-state index in [1.165, 1.54) is 25.6 Å². The average Bonchev–Trinajstić information content (AvgIpc) is 2.26. The first-order valence-electron chi connectivity index (χ1n) is 4.35. The number of hydrogen-bond acceptors (Lipinski definition) is 6. The second kappa shape index (κ2) is 5.79. The molecule has 1 aromatic heterocycles. The Kier molecular flexibility index (Phi) is 4.67. The minimum absolute atomic E-state index is 0.0921. The summed E-state index contributed by atoms with van der Waals surface area (Å²) >= 11 is 0.973. The number of thioether (sulfide) groups is 1. The van der Waals surface area contributed by atoms with Crippen LogP contribution in [-0.2, 0) is 4.79 Å². The van der Waals surface area contributed by atoms with Crippen molar-refractivity contribution in [2.45, 2.75) is 19.1 Å². The van der Waals surface area contributed by atoms with Crippen molar-refractivity contribution in [3.8, 4) is 0 Å². The summed E-state index contributed by atoms with van der Waals surface area (Å²) in [4.78, 5) is 18.1. The summed E-state index contributed by atoms with van der Waals surface area (Å²) in [6.07, 6.45) is 2.15. The maximum atomic E-state index is 10.7. The lowest BCUT2D eigenvalue weighted by Gasteiger charge is -2.16. The normalized spacial score (nSPS) is 14.6. The lowest BCUT2D eigenvalue weighted by molar-refractivity contribution is -0.109. The number of aromatic nitrogens is 2. The quantitative estimate of drug-likeness (QED) is 0.763. The Hall–Kier alpha value is -0.980. The Morgan fingerprint density at radius 2 is 2.07 bits per heavy atom. The highest BCUT2D eigenvalue weighted by Gasteiger charge is 2.19. The average molecular weight is 228 g/mol. The third-order valence-electron chi connectivity index (χ3n) is 1.74. The van der Waals surface area contributed by atoms with Gasteiger partial charge in [0.05, 0.1) is 6.10 Å². The van der Waals surface area contributed by atoms with Crippen LogP contribution < -0.4 is 0 Å². The molecule has 0 aliphatic carbocycles. The SMILES string of the molecule is CC(=O)SCC(O)C(O)c1cncnc1. The zero-order valence-corrected chi connectivity index (χ0v) is 9.02. The molecule has 0 fully saturated rings. The fourth-order valence-corrected chi connectivity index (χ4v) is 1.57. The van der Waals surface area contributed by atoms with Gasteiger partial charge in [0.1, 0.15) is 12.4 Å². The fraction of sp³-hybridized carbons (Fsp3) is 0.444. The van der Waals surface area contributed by atoms with Gasteiger partial charge in [-0.05, 0) is 0 Å². The monoisotopic (exact) mass is 228 g/mol. The molecule has 0 aromatic carbocycles. The molecule has 5 nitrogen and oxygen atoms in total. The summed E-state index contributed by atoms with van der Waals surface area (Å²) in [5.41, 5.74) is 0.439. The number of hydrogen-bond donors (Lipinski definition) is 2. The summed E-state index contributed by atoms with van der Waals surface area (Å²) in [6.45, 7) is 1.41. The van der Waals surface area contributed by atoms with Crippen LogP contribution in [0.5, 0.6) is 0 Å². The lowest BCUT2D eigenvalue weighted by atomic mass is 10.1. The van der Waals surface area contributed by atoms with Crippen molar-refractivity contribution in [2.24, 2.45) is 0 Å². The molecule has 0 bridgehead atoms. The molecular formula is C9H12N2O3S. The van der Waals surface area contributed by atoms with Gasteiger partial charge in [0.15, 0.2) is 5.12 Å². The molecule has 15 heavy (non-hydrogen) atoms. The van der Waals surface area contributed by atoms with Gasteiger partial charge in [0.2, 0.25) is 0 Å². The molecular weight excluding hydrogens is 216 g/mol. The maximum absolute atomic E-state index is 10.7. The van der Waals surface area contributed by atoms with E-state index in [1.54, 1.807) is 0 Å². The Bertz CT molecular complexity index is 320. The highest BCUT2D eigenvalue weighted by Crippen LogP contribution is 2.18. The van der Waals surface area contributed by atoms with E-state index in [1.807, 2.05) is 0 Å². The Morgan fingerprint density at radius 1 is 1.47 bits per heavy atom. The van der Waals surface area contributed by atoms with E-state index in [2.05, 4.69) is 9.97 Å². The summed E-state index contributed by atoms with van der Waals surface area (Å²) in [5.74, 6) is 0.158. The first kappa shape index (κ1) is 12.1. The van der Waals surface area contributed by atoms with Crippen molar-refractivity contribution < 1.29 is 15.0 Å². The molecule has 2 unspecified atom stereocenters. The molecule has 0 amide bonds. The van der Waals surface area contributed by atoms with Crippen molar-refractivity contribution in [1.29, 1.82) is 0 Å². The molecule has 2 N–H and O–H groups in total. The Labute approximate surface area is 91.6 Å². The van der Waals surface area contributed by atoms with Crippen LogP contribution >= 0.6 is 11.8 Å². The number of rotatable bonds is 4. The summed E-state index contributed by atoms with van der Waals surface area (Å²) < 4.78 is 0. The van der Waals surface area contributed by atoms with E-state index >= 15 is 0 Å².